The number of allylic oxidation sites excluding steroid dienone is 16. The monoisotopic (exact) mass is 1010 g/mol. The Balaban J connectivity index is 4.34. The predicted molar refractivity (Wildman–Crippen MR) is 316 cm³/mol. The lowest BCUT2D eigenvalue weighted by molar-refractivity contribution is -0.167. The van der Waals surface area contributed by atoms with Crippen LogP contribution in [0.1, 0.15) is 290 Å². The van der Waals surface area contributed by atoms with E-state index in [1.807, 2.05) is 0 Å². The summed E-state index contributed by atoms with van der Waals surface area (Å²) in [4.78, 5) is 38.2. The summed E-state index contributed by atoms with van der Waals surface area (Å²) < 4.78 is 16.9. The van der Waals surface area contributed by atoms with Gasteiger partial charge in [0.2, 0.25) is 0 Å². The number of esters is 3. The minimum atomic E-state index is -0.793. The van der Waals surface area contributed by atoms with Crippen LogP contribution in [0.5, 0.6) is 0 Å². The Hall–Kier alpha value is -3.67. The Morgan fingerprint density at radius 1 is 0.288 bits per heavy atom. The van der Waals surface area contributed by atoms with E-state index >= 15 is 0 Å². The zero-order chi connectivity index (χ0) is 52.9. The summed E-state index contributed by atoms with van der Waals surface area (Å²) in [6, 6.07) is 0. The van der Waals surface area contributed by atoms with Crippen molar-refractivity contribution in [3.8, 4) is 0 Å². The first-order valence-electron chi connectivity index (χ1n) is 30.7. The fourth-order valence-electron chi connectivity index (χ4n) is 8.44. The highest BCUT2D eigenvalue weighted by molar-refractivity contribution is 5.71. The maximum atomic E-state index is 12.9. The van der Waals surface area contributed by atoms with Gasteiger partial charge in [0, 0.05) is 19.3 Å². The van der Waals surface area contributed by atoms with Crippen molar-refractivity contribution in [2.75, 3.05) is 13.2 Å². The lowest BCUT2D eigenvalue weighted by atomic mass is 10.0. The molecule has 0 radical (unpaired) electrons. The van der Waals surface area contributed by atoms with Gasteiger partial charge in [-0.3, -0.25) is 14.4 Å². The molecule has 0 aliphatic rings. The van der Waals surface area contributed by atoms with Crippen LogP contribution >= 0.6 is 0 Å². The van der Waals surface area contributed by atoms with Gasteiger partial charge in [-0.15, -0.1) is 0 Å². The molecule has 0 spiro atoms. The molecule has 0 saturated carbocycles. The molecule has 0 heterocycles. The molecule has 0 bridgehead atoms. The number of unbranched alkanes of at least 4 members (excludes halogenated alkanes) is 28. The summed E-state index contributed by atoms with van der Waals surface area (Å²) in [7, 11) is 0. The minimum Gasteiger partial charge on any atom is -0.462 e. The highest BCUT2D eigenvalue weighted by Crippen LogP contribution is 2.15. The first-order valence-corrected chi connectivity index (χ1v) is 30.7. The molecule has 0 fully saturated rings. The van der Waals surface area contributed by atoms with E-state index in [0.29, 0.717) is 19.3 Å². The average Bonchev–Trinajstić information content (AvgIpc) is 3.39. The van der Waals surface area contributed by atoms with Gasteiger partial charge in [-0.1, -0.05) is 246 Å². The van der Waals surface area contributed by atoms with Crippen molar-refractivity contribution < 1.29 is 28.6 Å². The summed E-state index contributed by atoms with van der Waals surface area (Å²) in [6.45, 7) is 6.47. The molecule has 0 aromatic carbocycles. The van der Waals surface area contributed by atoms with E-state index in [1.165, 1.54) is 116 Å². The lowest BCUT2D eigenvalue weighted by Crippen LogP contribution is -2.30. The van der Waals surface area contributed by atoms with Crippen LogP contribution in [0, 0.1) is 0 Å². The van der Waals surface area contributed by atoms with E-state index in [1.54, 1.807) is 0 Å². The lowest BCUT2D eigenvalue weighted by Gasteiger charge is -2.18. The molecule has 0 saturated heterocycles. The molecule has 0 aromatic heterocycles. The Bertz CT molecular complexity index is 1440. The van der Waals surface area contributed by atoms with Crippen molar-refractivity contribution in [2.24, 2.45) is 0 Å². The van der Waals surface area contributed by atoms with Crippen LogP contribution in [-0.2, 0) is 28.6 Å². The summed E-state index contributed by atoms with van der Waals surface area (Å²) in [5.41, 5.74) is 0. The van der Waals surface area contributed by atoms with Gasteiger partial charge in [0.25, 0.3) is 0 Å². The molecule has 73 heavy (non-hydrogen) atoms. The van der Waals surface area contributed by atoms with Crippen molar-refractivity contribution in [1.29, 1.82) is 0 Å². The fraction of sp³-hybridized carbons (Fsp3) is 0.716. The van der Waals surface area contributed by atoms with Crippen LogP contribution in [0.2, 0.25) is 0 Å². The van der Waals surface area contributed by atoms with E-state index in [0.717, 1.165) is 135 Å². The maximum Gasteiger partial charge on any atom is 0.306 e. The van der Waals surface area contributed by atoms with Crippen LogP contribution in [0.4, 0.5) is 0 Å². The topological polar surface area (TPSA) is 78.9 Å². The van der Waals surface area contributed by atoms with E-state index in [-0.39, 0.29) is 31.1 Å². The third kappa shape index (κ3) is 59.1. The van der Waals surface area contributed by atoms with Gasteiger partial charge in [-0.25, -0.2) is 0 Å². The molecule has 0 aliphatic heterocycles. The fourth-order valence-corrected chi connectivity index (χ4v) is 8.44. The molecule has 6 nitrogen and oxygen atoms in total. The average molecular weight is 1020 g/mol. The van der Waals surface area contributed by atoms with E-state index in [2.05, 4.69) is 118 Å². The standard InChI is InChI=1S/C67H114O6/c1-4-7-10-13-16-19-22-25-28-29-30-31-32-33-34-35-36-37-40-42-45-48-51-54-57-60-66(69)72-63-64(73-67(70)61-58-55-52-49-46-43-39-27-24-21-18-15-12-9-6-3)62-71-65(68)59-56-53-50-47-44-41-38-26-23-20-17-14-11-8-5-2/h7,10,16-21,25-28,30-31,38-39,64H,4-6,8-9,11-15,22-24,29,32-37,40-63H2,1-3H3/b10-7-,19-16-,20-17-,21-18-,28-25-,31-30-,38-26-,39-27-. The molecule has 0 rings (SSSR count). The van der Waals surface area contributed by atoms with Crippen LogP contribution in [0.25, 0.3) is 0 Å². The second-order valence-electron chi connectivity index (χ2n) is 20.2. The normalized spacial score (nSPS) is 12.8. The number of hydrogen-bond donors (Lipinski definition) is 0. The number of carbonyl (C=O) groups excluding carboxylic acids is 3. The van der Waals surface area contributed by atoms with Crippen molar-refractivity contribution in [3.63, 3.8) is 0 Å². The van der Waals surface area contributed by atoms with Crippen molar-refractivity contribution in [1.82, 2.24) is 0 Å². The molecule has 418 valence electrons. The van der Waals surface area contributed by atoms with Gasteiger partial charge in [-0.05, 0) is 122 Å². The number of carbonyl (C=O) groups is 3. The summed E-state index contributed by atoms with van der Waals surface area (Å²) in [5, 5.41) is 0. The predicted octanol–water partition coefficient (Wildman–Crippen LogP) is 20.9. The zero-order valence-corrected chi connectivity index (χ0v) is 47.9. The second-order valence-corrected chi connectivity index (χ2v) is 20.2. The Morgan fingerprint density at radius 2 is 0.534 bits per heavy atom. The third-order valence-corrected chi connectivity index (χ3v) is 13.0. The summed E-state index contributed by atoms with van der Waals surface area (Å²) >= 11 is 0. The maximum absolute atomic E-state index is 12.9. The Labute approximate surface area is 451 Å². The molecular weight excluding hydrogens is 901 g/mol. The van der Waals surface area contributed by atoms with Gasteiger partial charge in [0.1, 0.15) is 13.2 Å². The first-order chi connectivity index (χ1) is 36.0. The quantitative estimate of drug-likeness (QED) is 0.0261. The highest BCUT2D eigenvalue weighted by atomic mass is 16.6. The number of hydrogen-bond acceptors (Lipinski definition) is 6. The molecule has 1 atom stereocenters. The minimum absolute atomic E-state index is 0.0883. The molecule has 1 unspecified atom stereocenters. The van der Waals surface area contributed by atoms with Gasteiger partial charge in [-0.2, -0.15) is 0 Å². The first kappa shape index (κ1) is 69.3. The van der Waals surface area contributed by atoms with Crippen molar-refractivity contribution in [2.45, 2.75) is 297 Å². The van der Waals surface area contributed by atoms with Crippen LogP contribution in [0.3, 0.4) is 0 Å². The van der Waals surface area contributed by atoms with E-state index in [4.69, 9.17) is 14.2 Å². The molecule has 0 N–H and O–H groups in total. The largest absolute Gasteiger partial charge is 0.462 e. The molecule has 0 aliphatic carbocycles. The van der Waals surface area contributed by atoms with Crippen molar-refractivity contribution in [3.05, 3.63) is 97.2 Å². The SMILES string of the molecule is CC/C=C\C/C=C\C/C=C\C/C=C\CCCCCCCCCCCCCCC(=O)OCC(COC(=O)CCCCCCC/C=C\C/C=C\CCCCC)OC(=O)CCCCCCC/C=C\C/C=C\CCCCC. The van der Waals surface area contributed by atoms with Gasteiger partial charge >= 0.3 is 17.9 Å². The molecular formula is C67H114O6. The Morgan fingerprint density at radius 3 is 0.836 bits per heavy atom. The van der Waals surface area contributed by atoms with Gasteiger partial charge in [0.05, 0.1) is 0 Å². The van der Waals surface area contributed by atoms with Crippen LogP contribution < -0.4 is 0 Å². The van der Waals surface area contributed by atoms with Crippen LogP contribution in [-0.4, -0.2) is 37.2 Å². The zero-order valence-electron chi connectivity index (χ0n) is 47.9. The Kier molecular flexibility index (Phi) is 57.8. The van der Waals surface area contributed by atoms with E-state index in [9.17, 15) is 14.4 Å². The molecule has 6 heteroatoms. The van der Waals surface area contributed by atoms with E-state index < -0.39 is 6.10 Å². The summed E-state index contributed by atoms with van der Waals surface area (Å²) in [6.07, 6.45) is 81.2. The molecule has 0 amide bonds. The number of ether oxygens (including phenoxy) is 3. The van der Waals surface area contributed by atoms with Crippen molar-refractivity contribution >= 4 is 17.9 Å². The summed E-state index contributed by atoms with van der Waals surface area (Å²) in [5.74, 6) is -0.911. The van der Waals surface area contributed by atoms with Gasteiger partial charge < -0.3 is 14.2 Å². The smallest absolute Gasteiger partial charge is 0.306 e. The van der Waals surface area contributed by atoms with Gasteiger partial charge in [0.15, 0.2) is 6.10 Å². The second kappa shape index (κ2) is 60.9. The van der Waals surface area contributed by atoms with Crippen LogP contribution in [0.15, 0.2) is 97.2 Å². The highest BCUT2D eigenvalue weighted by Gasteiger charge is 2.19. The number of rotatable bonds is 55. The molecule has 0 aromatic rings. The third-order valence-electron chi connectivity index (χ3n) is 13.0.